The second kappa shape index (κ2) is 8.34. The van der Waals surface area contributed by atoms with Gasteiger partial charge >= 0.3 is 0 Å². The Morgan fingerprint density at radius 2 is 1.80 bits per heavy atom. The summed E-state index contributed by atoms with van der Waals surface area (Å²) in [6.45, 7) is 11.2. The molecule has 6 rings (SSSR count). The van der Waals surface area contributed by atoms with Crippen molar-refractivity contribution in [3.8, 4) is 11.3 Å². The summed E-state index contributed by atoms with van der Waals surface area (Å²) in [5.41, 5.74) is 4.31. The van der Waals surface area contributed by atoms with Crippen LogP contribution in [0.2, 0.25) is 0 Å². The normalized spacial score (nSPS) is 21.1. The quantitative estimate of drug-likeness (QED) is 0.444. The monoisotopic (exact) mass is 467 g/mol. The molecular formula is C28H33N7. The fraction of sp³-hybridized carbons (Fsp3) is 0.393. The predicted molar refractivity (Wildman–Crippen MR) is 141 cm³/mol. The SMILES string of the molecule is C[C@H](Nc1cc(-c2cc3nccn3c(N3CC4CC3CN4C(C)(C)C)n2)ccn1)c1ccccc1. The predicted octanol–water partition coefficient (Wildman–Crippen LogP) is 5.03. The van der Waals surface area contributed by atoms with Gasteiger partial charge in [-0.05, 0) is 51.8 Å². The van der Waals surface area contributed by atoms with Crippen LogP contribution >= 0.6 is 0 Å². The van der Waals surface area contributed by atoms with Gasteiger partial charge in [0.1, 0.15) is 11.5 Å². The molecule has 1 N–H and O–H groups in total. The van der Waals surface area contributed by atoms with E-state index in [9.17, 15) is 0 Å². The van der Waals surface area contributed by atoms with Crippen LogP contribution in [0.5, 0.6) is 0 Å². The molecule has 7 heteroatoms. The number of likely N-dealkylation sites (tertiary alicyclic amines) is 1. The number of hydrogen-bond acceptors (Lipinski definition) is 6. The first-order valence-corrected chi connectivity index (χ1v) is 12.5. The minimum absolute atomic E-state index is 0.156. The molecule has 7 nitrogen and oxygen atoms in total. The Bertz CT molecular complexity index is 1340. The van der Waals surface area contributed by atoms with Gasteiger partial charge in [0.15, 0.2) is 0 Å². The molecule has 0 amide bonds. The van der Waals surface area contributed by atoms with Gasteiger partial charge in [0, 0.05) is 67.0 Å². The number of nitrogens with one attached hydrogen (secondary N) is 1. The third-order valence-corrected chi connectivity index (χ3v) is 7.45. The largest absolute Gasteiger partial charge is 0.364 e. The molecule has 4 aromatic rings. The van der Waals surface area contributed by atoms with Crippen LogP contribution in [0.25, 0.3) is 16.9 Å². The maximum Gasteiger partial charge on any atom is 0.212 e. The summed E-state index contributed by atoms with van der Waals surface area (Å²) in [6, 6.07) is 17.8. The van der Waals surface area contributed by atoms with E-state index in [0.717, 1.165) is 41.8 Å². The number of piperazine rings is 1. The number of hydrogen-bond donors (Lipinski definition) is 1. The molecule has 2 aliphatic heterocycles. The molecule has 2 bridgehead atoms. The average Bonchev–Trinajstić information content (AvgIpc) is 3.59. The fourth-order valence-electron chi connectivity index (χ4n) is 5.71. The molecule has 1 aromatic carbocycles. The van der Waals surface area contributed by atoms with Crippen molar-refractivity contribution in [2.45, 2.75) is 57.8 Å². The lowest BCUT2D eigenvalue weighted by Gasteiger charge is -2.42. The van der Waals surface area contributed by atoms with E-state index in [0.29, 0.717) is 12.1 Å². The number of imidazole rings is 1. The number of aromatic nitrogens is 4. The van der Waals surface area contributed by atoms with Gasteiger partial charge in [-0.3, -0.25) is 9.30 Å². The maximum absolute atomic E-state index is 5.18. The van der Waals surface area contributed by atoms with Gasteiger partial charge in [-0.2, -0.15) is 0 Å². The van der Waals surface area contributed by atoms with Crippen LogP contribution in [0.1, 0.15) is 45.7 Å². The third-order valence-electron chi connectivity index (χ3n) is 7.45. The van der Waals surface area contributed by atoms with Crippen LogP contribution in [-0.4, -0.2) is 55.0 Å². The Morgan fingerprint density at radius 3 is 2.54 bits per heavy atom. The van der Waals surface area contributed by atoms with E-state index in [4.69, 9.17) is 4.98 Å². The Kier molecular flexibility index (Phi) is 5.25. The Morgan fingerprint density at radius 1 is 0.971 bits per heavy atom. The fourth-order valence-corrected chi connectivity index (χ4v) is 5.71. The van der Waals surface area contributed by atoms with Crippen LogP contribution in [0.15, 0.2) is 67.1 Å². The molecule has 3 aromatic heterocycles. The summed E-state index contributed by atoms with van der Waals surface area (Å²) in [6.07, 6.45) is 6.93. The van der Waals surface area contributed by atoms with Gasteiger partial charge in [0.25, 0.3) is 0 Å². The van der Waals surface area contributed by atoms with Crippen molar-refractivity contribution in [3.63, 3.8) is 0 Å². The first-order chi connectivity index (χ1) is 16.9. The number of anilines is 2. The molecule has 35 heavy (non-hydrogen) atoms. The summed E-state index contributed by atoms with van der Waals surface area (Å²) < 4.78 is 2.13. The number of rotatable bonds is 5. The van der Waals surface area contributed by atoms with Gasteiger partial charge in [0.2, 0.25) is 5.95 Å². The van der Waals surface area contributed by atoms with Crippen molar-refractivity contribution < 1.29 is 0 Å². The molecule has 2 aliphatic rings. The van der Waals surface area contributed by atoms with Crippen molar-refractivity contribution in [2.75, 3.05) is 23.3 Å². The lowest BCUT2D eigenvalue weighted by molar-refractivity contribution is 0.112. The van der Waals surface area contributed by atoms with Crippen molar-refractivity contribution in [1.29, 1.82) is 0 Å². The van der Waals surface area contributed by atoms with E-state index < -0.39 is 0 Å². The van der Waals surface area contributed by atoms with E-state index in [-0.39, 0.29) is 11.6 Å². The second-order valence-corrected chi connectivity index (χ2v) is 10.8. The summed E-state index contributed by atoms with van der Waals surface area (Å²) in [7, 11) is 0. The van der Waals surface area contributed by atoms with E-state index in [1.54, 1.807) is 0 Å². The van der Waals surface area contributed by atoms with Gasteiger partial charge in [0.05, 0.1) is 5.69 Å². The number of pyridine rings is 1. The second-order valence-electron chi connectivity index (χ2n) is 10.8. The molecule has 2 fully saturated rings. The highest BCUT2D eigenvalue weighted by Crippen LogP contribution is 2.38. The van der Waals surface area contributed by atoms with Crippen LogP contribution < -0.4 is 10.2 Å². The molecule has 2 unspecified atom stereocenters. The third kappa shape index (κ3) is 4.04. The summed E-state index contributed by atoms with van der Waals surface area (Å²) in [4.78, 5) is 19.5. The standard InChI is InChI=1S/C28H33N7/c1-19(20-8-6-5-7-9-20)31-25-14-21(10-11-29-25)24-16-26-30-12-13-33(26)27(32-24)34-17-23-15-22(34)18-35(23)28(2,3)4/h5-14,16,19,22-23H,15,17-18H2,1-4H3,(H,29,31)/t19-,22?,23?/m0/s1. The first kappa shape index (κ1) is 22.0. The lowest BCUT2D eigenvalue weighted by Crippen LogP contribution is -2.54. The Hall–Kier alpha value is -3.45. The molecule has 5 heterocycles. The number of benzene rings is 1. The van der Waals surface area contributed by atoms with Crippen LogP contribution in [0.4, 0.5) is 11.8 Å². The van der Waals surface area contributed by atoms with E-state index >= 15 is 0 Å². The highest BCUT2D eigenvalue weighted by atomic mass is 15.4. The number of nitrogens with zero attached hydrogens (tertiary/aromatic N) is 6. The minimum atomic E-state index is 0.156. The van der Waals surface area contributed by atoms with Gasteiger partial charge < -0.3 is 10.2 Å². The highest BCUT2D eigenvalue weighted by Gasteiger charge is 2.47. The molecule has 0 aliphatic carbocycles. The zero-order valence-corrected chi connectivity index (χ0v) is 20.9. The molecule has 0 spiro atoms. The van der Waals surface area contributed by atoms with E-state index in [1.165, 1.54) is 12.0 Å². The highest BCUT2D eigenvalue weighted by molar-refractivity contribution is 5.68. The Labute approximate surface area is 206 Å². The maximum atomic E-state index is 5.18. The van der Waals surface area contributed by atoms with Gasteiger partial charge in [-0.15, -0.1) is 0 Å². The summed E-state index contributed by atoms with van der Waals surface area (Å²) in [5.74, 6) is 1.83. The van der Waals surface area contributed by atoms with Gasteiger partial charge in [-0.1, -0.05) is 30.3 Å². The van der Waals surface area contributed by atoms with Crippen molar-refractivity contribution in [3.05, 3.63) is 72.7 Å². The topological polar surface area (TPSA) is 61.6 Å². The molecule has 2 saturated heterocycles. The van der Waals surface area contributed by atoms with E-state index in [2.05, 4.69) is 93.6 Å². The first-order valence-electron chi connectivity index (χ1n) is 12.5. The summed E-state index contributed by atoms with van der Waals surface area (Å²) >= 11 is 0. The minimum Gasteiger partial charge on any atom is -0.364 e. The average molecular weight is 468 g/mol. The van der Waals surface area contributed by atoms with Crippen LogP contribution in [0, 0.1) is 0 Å². The van der Waals surface area contributed by atoms with Crippen LogP contribution in [-0.2, 0) is 0 Å². The van der Waals surface area contributed by atoms with Crippen molar-refractivity contribution in [1.82, 2.24) is 24.3 Å². The Balaban J connectivity index is 1.31. The molecule has 0 saturated carbocycles. The molecule has 3 atom stereocenters. The number of fused-ring (bicyclic) bond motifs is 3. The lowest BCUT2D eigenvalue weighted by atomic mass is 10.0. The smallest absolute Gasteiger partial charge is 0.212 e. The van der Waals surface area contributed by atoms with Crippen molar-refractivity contribution in [2.24, 2.45) is 0 Å². The van der Waals surface area contributed by atoms with Gasteiger partial charge in [-0.25, -0.2) is 15.0 Å². The summed E-state index contributed by atoms with van der Waals surface area (Å²) in [5, 5.41) is 3.54. The van der Waals surface area contributed by atoms with Crippen LogP contribution in [0.3, 0.4) is 0 Å². The zero-order valence-electron chi connectivity index (χ0n) is 20.9. The molecular weight excluding hydrogens is 434 g/mol. The molecule has 0 radical (unpaired) electrons. The molecule has 180 valence electrons. The van der Waals surface area contributed by atoms with E-state index in [1.807, 2.05) is 30.7 Å². The van der Waals surface area contributed by atoms with Crippen molar-refractivity contribution >= 4 is 17.4 Å². The zero-order chi connectivity index (χ0) is 24.2.